The Balaban J connectivity index is 2.57. The molecule has 0 aliphatic heterocycles. The Morgan fingerprint density at radius 1 is 1.50 bits per heavy atom. The minimum absolute atomic E-state index is 0.0839. The maximum absolute atomic E-state index is 11.6. The number of nitrogens with two attached hydrogens (primary N) is 1. The average molecular weight is 223 g/mol. The van der Waals surface area contributed by atoms with Gasteiger partial charge in [-0.1, -0.05) is 19.9 Å². The molecule has 0 aromatic carbocycles. The standard InChI is InChI=1S/C11H17N3O2/c1-7(2)8(12)6-13-11(16)9-4-3-5-10(15)14-9/h3-5,7-8H,6,12H2,1-2H3,(H,13,16)(H,14,15). The Bertz CT molecular complexity index is 412. The number of aromatic amines is 1. The smallest absolute Gasteiger partial charge is 0.267 e. The van der Waals surface area contributed by atoms with Crippen LogP contribution in [0.25, 0.3) is 0 Å². The van der Waals surface area contributed by atoms with Crippen LogP contribution in [0.15, 0.2) is 23.0 Å². The van der Waals surface area contributed by atoms with Crippen molar-refractivity contribution in [3.05, 3.63) is 34.2 Å². The number of aromatic nitrogens is 1. The van der Waals surface area contributed by atoms with Crippen molar-refractivity contribution in [2.45, 2.75) is 19.9 Å². The second-order valence-corrected chi connectivity index (χ2v) is 4.05. The van der Waals surface area contributed by atoms with Gasteiger partial charge in [0.1, 0.15) is 5.69 Å². The van der Waals surface area contributed by atoms with E-state index in [9.17, 15) is 9.59 Å². The number of amides is 1. The summed E-state index contributed by atoms with van der Waals surface area (Å²) in [6.45, 7) is 4.37. The topological polar surface area (TPSA) is 88.0 Å². The van der Waals surface area contributed by atoms with E-state index in [1.807, 2.05) is 13.8 Å². The third-order valence-electron chi connectivity index (χ3n) is 2.37. The van der Waals surface area contributed by atoms with Gasteiger partial charge in [-0.05, 0) is 12.0 Å². The summed E-state index contributed by atoms with van der Waals surface area (Å²) in [6, 6.07) is 4.36. The van der Waals surface area contributed by atoms with Crippen LogP contribution in [-0.4, -0.2) is 23.5 Å². The van der Waals surface area contributed by atoms with E-state index in [2.05, 4.69) is 10.3 Å². The van der Waals surface area contributed by atoms with Gasteiger partial charge in [-0.2, -0.15) is 0 Å². The average Bonchev–Trinajstić information content (AvgIpc) is 2.25. The minimum Gasteiger partial charge on any atom is -0.349 e. The Hall–Kier alpha value is -1.62. The van der Waals surface area contributed by atoms with Crippen LogP contribution in [0.2, 0.25) is 0 Å². The lowest BCUT2D eigenvalue weighted by atomic mass is 10.1. The first-order chi connectivity index (χ1) is 7.50. The van der Waals surface area contributed by atoms with Gasteiger partial charge in [0.25, 0.3) is 5.91 Å². The monoisotopic (exact) mass is 223 g/mol. The van der Waals surface area contributed by atoms with Crippen LogP contribution in [0, 0.1) is 5.92 Å². The summed E-state index contributed by atoms with van der Waals surface area (Å²) in [7, 11) is 0. The van der Waals surface area contributed by atoms with Crippen molar-refractivity contribution < 1.29 is 4.79 Å². The predicted octanol–water partition coefficient (Wildman–Crippen LogP) is 0.0880. The summed E-state index contributed by atoms with van der Waals surface area (Å²) >= 11 is 0. The van der Waals surface area contributed by atoms with Gasteiger partial charge in [-0.3, -0.25) is 9.59 Å². The predicted molar refractivity (Wildman–Crippen MR) is 62.2 cm³/mol. The molecule has 0 fully saturated rings. The van der Waals surface area contributed by atoms with Crippen molar-refractivity contribution in [2.75, 3.05) is 6.54 Å². The quantitative estimate of drug-likeness (QED) is 0.676. The molecule has 5 heteroatoms. The molecule has 4 N–H and O–H groups in total. The van der Waals surface area contributed by atoms with Gasteiger partial charge in [-0.15, -0.1) is 0 Å². The summed E-state index contributed by atoms with van der Waals surface area (Å²) in [6.07, 6.45) is 0. The molecule has 16 heavy (non-hydrogen) atoms. The molecule has 0 bridgehead atoms. The molecule has 1 aromatic heterocycles. The highest BCUT2D eigenvalue weighted by Gasteiger charge is 2.10. The van der Waals surface area contributed by atoms with Gasteiger partial charge in [0.15, 0.2) is 0 Å². The fourth-order valence-electron chi connectivity index (χ4n) is 1.12. The van der Waals surface area contributed by atoms with Crippen molar-refractivity contribution in [2.24, 2.45) is 11.7 Å². The number of carbonyl (C=O) groups is 1. The van der Waals surface area contributed by atoms with E-state index in [-0.39, 0.29) is 23.2 Å². The lowest BCUT2D eigenvalue weighted by molar-refractivity contribution is 0.0944. The zero-order valence-corrected chi connectivity index (χ0v) is 9.49. The second kappa shape index (κ2) is 5.46. The fourth-order valence-corrected chi connectivity index (χ4v) is 1.12. The molecule has 1 unspecified atom stereocenters. The van der Waals surface area contributed by atoms with Gasteiger partial charge in [0.05, 0.1) is 0 Å². The van der Waals surface area contributed by atoms with Crippen LogP contribution in [0.1, 0.15) is 24.3 Å². The molecule has 0 radical (unpaired) electrons. The van der Waals surface area contributed by atoms with Crippen LogP contribution in [0.5, 0.6) is 0 Å². The number of rotatable bonds is 4. The molecule has 1 atom stereocenters. The van der Waals surface area contributed by atoms with Crippen LogP contribution < -0.4 is 16.6 Å². The molecular formula is C11H17N3O2. The molecule has 1 aromatic rings. The zero-order chi connectivity index (χ0) is 12.1. The summed E-state index contributed by atoms with van der Waals surface area (Å²) < 4.78 is 0. The van der Waals surface area contributed by atoms with E-state index in [4.69, 9.17) is 5.73 Å². The molecule has 0 aliphatic rings. The van der Waals surface area contributed by atoms with Crippen LogP contribution >= 0.6 is 0 Å². The SMILES string of the molecule is CC(C)C(N)CNC(=O)c1cccc(=O)[nH]1. The Labute approximate surface area is 94.1 Å². The maximum atomic E-state index is 11.6. The Morgan fingerprint density at radius 3 is 2.75 bits per heavy atom. The molecule has 5 nitrogen and oxygen atoms in total. The van der Waals surface area contributed by atoms with E-state index in [1.165, 1.54) is 12.1 Å². The number of pyridine rings is 1. The van der Waals surface area contributed by atoms with Crippen molar-refractivity contribution in [1.82, 2.24) is 10.3 Å². The maximum Gasteiger partial charge on any atom is 0.267 e. The summed E-state index contributed by atoms with van der Waals surface area (Å²) in [5.41, 5.74) is 5.75. The highest BCUT2D eigenvalue weighted by atomic mass is 16.2. The first-order valence-corrected chi connectivity index (χ1v) is 5.24. The normalized spacial score (nSPS) is 12.5. The molecule has 0 saturated heterocycles. The highest BCUT2D eigenvalue weighted by molar-refractivity contribution is 5.92. The van der Waals surface area contributed by atoms with E-state index >= 15 is 0 Å². The van der Waals surface area contributed by atoms with Crippen molar-refractivity contribution in [3.8, 4) is 0 Å². The summed E-state index contributed by atoms with van der Waals surface area (Å²) in [4.78, 5) is 25.0. The number of hydrogen-bond acceptors (Lipinski definition) is 3. The zero-order valence-electron chi connectivity index (χ0n) is 9.49. The highest BCUT2D eigenvalue weighted by Crippen LogP contribution is 1.97. The number of carbonyl (C=O) groups excluding carboxylic acids is 1. The van der Waals surface area contributed by atoms with Gasteiger partial charge in [-0.25, -0.2) is 0 Å². The third-order valence-corrected chi connectivity index (χ3v) is 2.37. The molecular weight excluding hydrogens is 206 g/mol. The molecule has 0 aliphatic carbocycles. The molecule has 1 rings (SSSR count). The van der Waals surface area contributed by atoms with Crippen molar-refractivity contribution in [1.29, 1.82) is 0 Å². The summed E-state index contributed by atoms with van der Waals surface area (Å²) in [5, 5.41) is 2.67. The van der Waals surface area contributed by atoms with Gasteiger partial charge in [0, 0.05) is 18.7 Å². The van der Waals surface area contributed by atoms with E-state index in [0.29, 0.717) is 12.5 Å². The number of H-pyrrole nitrogens is 1. The first kappa shape index (κ1) is 12.4. The molecule has 0 spiro atoms. The minimum atomic E-state index is -0.311. The number of nitrogens with one attached hydrogen (secondary N) is 2. The summed E-state index contributed by atoms with van der Waals surface area (Å²) in [5.74, 6) is -0.0103. The first-order valence-electron chi connectivity index (χ1n) is 5.24. The Morgan fingerprint density at radius 2 is 2.19 bits per heavy atom. The lowest BCUT2D eigenvalue weighted by Crippen LogP contribution is -2.40. The van der Waals surface area contributed by atoms with Gasteiger partial charge < -0.3 is 16.0 Å². The third kappa shape index (κ3) is 3.51. The molecule has 1 heterocycles. The van der Waals surface area contributed by atoms with Crippen LogP contribution in [-0.2, 0) is 0 Å². The van der Waals surface area contributed by atoms with Gasteiger partial charge >= 0.3 is 0 Å². The van der Waals surface area contributed by atoms with Crippen molar-refractivity contribution in [3.63, 3.8) is 0 Å². The number of hydrogen-bond donors (Lipinski definition) is 3. The Kier molecular flexibility index (Phi) is 4.25. The van der Waals surface area contributed by atoms with E-state index in [1.54, 1.807) is 6.07 Å². The van der Waals surface area contributed by atoms with Crippen LogP contribution in [0.3, 0.4) is 0 Å². The molecule has 0 saturated carbocycles. The van der Waals surface area contributed by atoms with Gasteiger partial charge in [0.2, 0.25) is 5.56 Å². The second-order valence-electron chi connectivity index (χ2n) is 4.05. The van der Waals surface area contributed by atoms with E-state index < -0.39 is 0 Å². The molecule has 1 amide bonds. The largest absolute Gasteiger partial charge is 0.349 e. The lowest BCUT2D eigenvalue weighted by Gasteiger charge is -2.15. The molecule has 88 valence electrons. The fraction of sp³-hybridized carbons (Fsp3) is 0.455. The van der Waals surface area contributed by atoms with E-state index in [0.717, 1.165) is 0 Å². The van der Waals surface area contributed by atoms with Crippen LogP contribution in [0.4, 0.5) is 0 Å². The van der Waals surface area contributed by atoms with Crippen molar-refractivity contribution >= 4 is 5.91 Å².